The molecule has 1 heteroatoms. The topological polar surface area (TPSA) is 0 Å². The van der Waals surface area contributed by atoms with Crippen LogP contribution in [-0.2, 0) is 0 Å². The number of hydrogen-bond donors (Lipinski definition) is 0. The summed E-state index contributed by atoms with van der Waals surface area (Å²) < 4.78 is 0. The molecule has 0 bridgehead atoms. The first-order valence-electron chi connectivity index (χ1n) is 0.911. The zero-order chi connectivity index (χ0) is 2.71. The standard InChI is InChI=1S/C3H5.CH3.Mg/c1-3-2;;/h1,3H,2H3;1H3;/q2*-1;+2. The van der Waals surface area contributed by atoms with Crippen LogP contribution in [-0.4, -0.2) is 23.1 Å². The first-order valence-corrected chi connectivity index (χ1v) is 0.911. The molecule has 0 fully saturated rings. The van der Waals surface area contributed by atoms with Crippen molar-refractivity contribution < 1.29 is 0 Å². The minimum atomic E-state index is 0. The Balaban J connectivity index is -0.0000000200. The SMILES string of the molecule is [CH-]=CC.[CH3-].[Mg+2]. The molecule has 0 saturated carbocycles. The van der Waals surface area contributed by atoms with Gasteiger partial charge in [-0.2, -0.15) is 0 Å². The van der Waals surface area contributed by atoms with Crippen LogP contribution in [0.4, 0.5) is 0 Å². The molecular weight excluding hydrogens is 72.3 g/mol. The number of allylic oxidation sites excluding steroid dienone is 1. The molecule has 0 aromatic rings. The Morgan fingerprint density at radius 3 is 1.60 bits per heavy atom. The van der Waals surface area contributed by atoms with E-state index in [9.17, 15) is 0 Å². The largest absolute Gasteiger partial charge is 2.00 e. The van der Waals surface area contributed by atoms with Gasteiger partial charge in [-0.3, -0.25) is 6.08 Å². The average Bonchev–Trinajstić information content (AvgIpc) is 0.918. The van der Waals surface area contributed by atoms with Crippen LogP contribution in [0, 0.1) is 14.0 Å². The summed E-state index contributed by atoms with van der Waals surface area (Å²) in [5.41, 5.74) is 0. The molecular formula is C4H8Mg. The molecule has 0 aliphatic heterocycles. The minimum Gasteiger partial charge on any atom is -0.518 e. The van der Waals surface area contributed by atoms with Gasteiger partial charge in [0.05, 0.1) is 0 Å². The van der Waals surface area contributed by atoms with E-state index in [-0.39, 0.29) is 30.5 Å². The predicted molar refractivity (Wildman–Crippen MR) is 26.7 cm³/mol. The van der Waals surface area contributed by atoms with Crippen molar-refractivity contribution >= 4 is 23.1 Å². The van der Waals surface area contributed by atoms with Gasteiger partial charge in [0.15, 0.2) is 0 Å². The van der Waals surface area contributed by atoms with Crippen molar-refractivity contribution in [2.24, 2.45) is 0 Å². The van der Waals surface area contributed by atoms with Crippen LogP contribution in [0.25, 0.3) is 0 Å². The summed E-state index contributed by atoms with van der Waals surface area (Å²) >= 11 is 0. The van der Waals surface area contributed by atoms with E-state index >= 15 is 0 Å². The molecule has 0 amide bonds. The normalized spacial score (nSPS) is 2.60. The van der Waals surface area contributed by atoms with Gasteiger partial charge >= 0.3 is 23.1 Å². The average molecular weight is 80.4 g/mol. The van der Waals surface area contributed by atoms with E-state index < -0.39 is 0 Å². The van der Waals surface area contributed by atoms with Crippen molar-refractivity contribution in [1.29, 1.82) is 0 Å². The van der Waals surface area contributed by atoms with Crippen LogP contribution in [0.2, 0.25) is 0 Å². The maximum absolute atomic E-state index is 4.72. The summed E-state index contributed by atoms with van der Waals surface area (Å²) in [5.74, 6) is 0. The second-order valence-electron chi connectivity index (χ2n) is 0.333. The number of rotatable bonds is 0. The van der Waals surface area contributed by atoms with E-state index in [1.54, 1.807) is 6.92 Å². The van der Waals surface area contributed by atoms with Gasteiger partial charge in [-0.1, -0.05) is 6.92 Å². The van der Waals surface area contributed by atoms with E-state index in [0.717, 1.165) is 0 Å². The molecule has 0 aliphatic carbocycles. The fourth-order valence-electron chi connectivity index (χ4n) is 0. The van der Waals surface area contributed by atoms with Gasteiger partial charge in [-0.15, -0.1) is 0 Å². The zero-order valence-corrected chi connectivity index (χ0v) is 5.28. The van der Waals surface area contributed by atoms with Crippen molar-refractivity contribution in [2.45, 2.75) is 6.92 Å². The molecule has 0 nitrogen and oxygen atoms in total. The van der Waals surface area contributed by atoms with Gasteiger partial charge in [0.1, 0.15) is 0 Å². The van der Waals surface area contributed by atoms with Crippen molar-refractivity contribution in [3.8, 4) is 0 Å². The van der Waals surface area contributed by atoms with Gasteiger partial charge in [-0.25, -0.2) is 0 Å². The number of hydrogen-bond acceptors (Lipinski definition) is 0. The molecule has 0 heterocycles. The van der Waals surface area contributed by atoms with E-state index in [1.165, 1.54) is 6.08 Å². The molecule has 0 radical (unpaired) electrons. The van der Waals surface area contributed by atoms with Gasteiger partial charge in [0, 0.05) is 0 Å². The van der Waals surface area contributed by atoms with Crippen LogP contribution in [0.15, 0.2) is 6.08 Å². The van der Waals surface area contributed by atoms with Crippen LogP contribution < -0.4 is 0 Å². The second-order valence-corrected chi connectivity index (χ2v) is 0.333. The quantitative estimate of drug-likeness (QED) is 0.302. The Hall–Kier alpha value is 0.506. The first-order chi connectivity index (χ1) is 1.41. The Kier molecular flexibility index (Phi) is 86.9. The Bertz CT molecular complexity index is 11.1. The summed E-state index contributed by atoms with van der Waals surface area (Å²) in [5, 5.41) is 0. The van der Waals surface area contributed by atoms with Crippen molar-refractivity contribution in [1.82, 2.24) is 0 Å². The third-order valence-electron chi connectivity index (χ3n) is 0. The molecule has 0 spiro atoms. The zero-order valence-electron chi connectivity index (χ0n) is 3.86. The van der Waals surface area contributed by atoms with E-state index in [4.69, 9.17) is 6.58 Å². The Labute approximate surface area is 50.4 Å². The summed E-state index contributed by atoms with van der Waals surface area (Å²) in [6.45, 7) is 6.50. The third kappa shape index (κ3) is 110. The smallest absolute Gasteiger partial charge is 0.518 e. The predicted octanol–water partition coefficient (Wildman–Crippen LogP) is 1.06. The summed E-state index contributed by atoms with van der Waals surface area (Å²) in [7, 11) is 0. The van der Waals surface area contributed by atoms with Crippen LogP contribution in [0.1, 0.15) is 6.92 Å². The molecule has 0 aromatic heterocycles. The maximum atomic E-state index is 4.72. The van der Waals surface area contributed by atoms with E-state index in [1.807, 2.05) is 0 Å². The van der Waals surface area contributed by atoms with Crippen molar-refractivity contribution in [2.75, 3.05) is 0 Å². The maximum Gasteiger partial charge on any atom is 2.00 e. The first kappa shape index (κ1) is 17.8. The molecule has 0 aromatic carbocycles. The molecule has 0 rings (SSSR count). The Morgan fingerprint density at radius 2 is 1.60 bits per heavy atom. The van der Waals surface area contributed by atoms with Crippen LogP contribution >= 0.6 is 0 Å². The summed E-state index contributed by atoms with van der Waals surface area (Å²) in [6.07, 6.45) is 1.50. The summed E-state index contributed by atoms with van der Waals surface area (Å²) in [6, 6.07) is 0. The van der Waals surface area contributed by atoms with Crippen molar-refractivity contribution in [3.05, 3.63) is 20.1 Å². The van der Waals surface area contributed by atoms with Gasteiger partial charge in [-0.05, 0) is 0 Å². The van der Waals surface area contributed by atoms with Crippen LogP contribution in [0.5, 0.6) is 0 Å². The molecule has 0 aliphatic rings. The molecule has 0 atom stereocenters. The van der Waals surface area contributed by atoms with Crippen molar-refractivity contribution in [3.63, 3.8) is 0 Å². The van der Waals surface area contributed by atoms with Gasteiger partial charge < -0.3 is 14.0 Å². The fourth-order valence-corrected chi connectivity index (χ4v) is 0. The van der Waals surface area contributed by atoms with Gasteiger partial charge in [0.2, 0.25) is 0 Å². The van der Waals surface area contributed by atoms with E-state index in [2.05, 4.69) is 0 Å². The molecule has 0 saturated heterocycles. The molecule has 5 heavy (non-hydrogen) atoms. The van der Waals surface area contributed by atoms with E-state index in [0.29, 0.717) is 0 Å². The summed E-state index contributed by atoms with van der Waals surface area (Å²) in [4.78, 5) is 0. The Morgan fingerprint density at radius 1 is 1.60 bits per heavy atom. The third-order valence-corrected chi connectivity index (χ3v) is 0. The minimum absolute atomic E-state index is 0. The molecule has 0 N–H and O–H groups in total. The monoisotopic (exact) mass is 80.0 g/mol. The second kappa shape index (κ2) is 24.4. The molecule has 0 unspecified atom stereocenters. The van der Waals surface area contributed by atoms with Crippen LogP contribution in [0.3, 0.4) is 0 Å². The fraction of sp³-hybridized carbons (Fsp3) is 0.250. The van der Waals surface area contributed by atoms with Gasteiger partial charge in [0.25, 0.3) is 0 Å². The molecule has 26 valence electrons.